The Labute approximate surface area is 144 Å². The quantitative estimate of drug-likeness (QED) is 0.559. The molecule has 0 amide bonds. The van der Waals surface area contributed by atoms with Crippen molar-refractivity contribution in [2.24, 2.45) is 0 Å². The van der Waals surface area contributed by atoms with Gasteiger partial charge in [0, 0.05) is 30.3 Å². The zero-order valence-electron chi connectivity index (χ0n) is 13.5. The van der Waals surface area contributed by atoms with Crippen LogP contribution in [0.2, 0.25) is 0 Å². The van der Waals surface area contributed by atoms with Gasteiger partial charge < -0.3 is 13.7 Å². The molecule has 0 aliphatic rings. The van der Waals surface area contributed by atoms with Crippen LogP contribution < -0.4 is 18.4 Å². The Kier molecular flexibility index (Phi) is 5.78. The molecule has 0 spiro atoms. The maximum absolute atomic E-state index is 12.0. The van der Waals surface area contributed by atoms with Crippen LogP contribution in [0.3, 0.4) is 0 Å². The van der Waals surface area contributed by atoms with E-state index in [1.54, 1.807) is 18.2 Å². The number of non-ortho nitro benzene ring substituents is 1. The summed E-state index contributed by atoms with van der Waals surface area (Å²) < 4.78 is 41.3. The molecule has 0 saturated carbocycles. The molecule has 9 nitrogen and oxygen atoms in total. The second-order valence-corrected chi connectivity index (χ2v) is 6.15. The molecule has 0 saturated heterocycles. The van der Waals surface area contributed by atoms with Gasteiger partial charge in [-0.3, -0.25) is 10.1 Å². The molecule has 2 rings (SSSR count). The SMILES string of the molecule is COc1ccc(CNS(=O)(=O)Oc2ccc([N+](=O)[O-])cc2)c(OC)c1. The highest BCUT2D eigenvalue weighted by Gasteiger charge is 2.15. The third-order valence-electron chi connectivity index (χ3n) is 3.19. The first-order chi connectivity index (χ1) is 11.8. The molecule has 0 unspecified atom stereocenters. The fourth-order valence-corrected chi connectivity index (χ4v) is 2.70. The van der Waals surface area contributed by atoms with Gasteiger partial charge >= 0.3 is 10.3 Å². The van der Waals surface area contributed by atoms with E-state index in [4.69, 9.17) is 13.7 Å². The lowest BCUT2D eigenvalue weighted by atomic mass is 10.2. The predicted octanol–water partition coefficient (Wildman–Crippen LogP) is 2.03. The molecule has 134 valence electrons. The van der Waals surface area contributed by atoms with Crippen molar-refractivity contribution in [3.63, 3.8) is 0 Å². The van der Waals surface area contributed by atoms with Gasteiger partial charge in [0.05, 0.1) is 19.1 Å². The number of hydrogen-bond donors (Lipinski definition) is 1. The number of rotatable bonds is 8. The van der Waals surface area contributed by atoms with Crippen LogP contribution in [-0.2, 0) is 16.8 Å². The smallest absolute Gasteiger partial charge is 0.382 e. The third kappa shape index (κ3) is 5.06. The highest BCUT2D eigenvalue weighted by atomic mass is 32.2. The molecule has 0 heterocycles. The predicted molar refractivity (Wildman–Crippen MR) is 89.0 cm³/mol. The summed E-state index contributed by atoms with van der Waals surface area (Å²) in [5.74, 6) is 0.989. The van der Waals surface area contributed by atoms with Gasteiger partial charge in [0.15, 0.2) is 0 Å². The molecule has 10 heteroatoms. The molecule has 2 aromatic rings. The zero-order valence-corrected chi connectivity index (χ0v) is 14.3. The van der Waals surface area contributed by atoms with E-state index in [9.17, 15) is 18.5 Å². The van der Waals surface area contributed by atoms with Crippen LogP contribution in [0.25, 0.3) is 0 Å². The van der Waals surface area contributed by atoms with E-state index in [1.165, 1.54) is 26.4 Å². The number of benzene rings is 2. The van der Waals surface area contributed by atoms with Gasteiger partial charge in [0.2, 0.25) is 0 Å². The van der Waals surface area contributed by atoms with E-state index in [0.717, 1.165) is 12.1 Å². The first-order valence-corrected chi connectivity index (χ1v) is 8.40. The van der Waals surface area contributed by atoms with Crippen LogP contribution in [0.15, 0.2) is 42.5 Å². The van der Waals surface area contributed by atoms with Crippen molar-refractivity contribution in [1.29, 1.82) is 0 Å². The highest BCUT2D eigenvalue weighted by molar-refractivity contribution is 7.85. The number of ether oxygens (including phenoxy) is 2. The number of nitrogens with zero attached hydrogens (tertiary/aromatic N) is 1. The number of nitro groups is 1. The first kappa shape index (κ1) is 18.5. The second-order valence-electron chi connectivity index (χ2n) is 4.79. The van der Waals surface area contributed by atoms with E-state index in [-0.39, 0.29) is 18.0 Å². The van der Waals surface area contributed by atoms with Crippen molar-refractivity contribution < 1.29 is 27.0 Å². The minimum atomic E-state index is -4.11. The van der Waals surface area contributed by atoms with Gasteiger partial charge in [-0.15, -0.1) is 0 Å². The van der Waals surface area contributed by atoms with E-state index in [1.807, 2.05) is 0 Å². The van der Waals surface area contributed by atoms with E-state index in [2.05, 4.69) is 4.72 Å². The summed E-state index contributed by atoms with van der Waals surface area (Å²) in [4.78, 5) is 9.99. The van der Waals surface area contributed by atoms with Crippen LogP contribution in [-0.4, -0.2) is 27.6 Å². The topological polar surface area (TPSA) is 117 Å². The number of nitrogens with one attached hydrogen (secondary N) is 1. The largest absolute Gasteiger partial charge is 0.497 e. The highest BCUT2D eigenvalue weighted by Crippen LogP contribution is 2.25. The lowest BCUT2D eigenvalue weighted by Crippen LogP contribution is -2.28. The molecule has 0 aliphatic heterocycles. The molecule has 0 fully saturated rings. The molecular formula is C15H16N2O7S. The van der Waals surface area contributed by atoms with E-state index < -0.39 is 15.2 Å². The Balaban J connectivity index is 2.05. The lowest BCUT2D eigenvalue weighted by Gasteiger charge is -2.12. The number of methoxy groups -OCH3 is 2. The summed E-state index contributed by atoms with van der Waals surface area (Å²) in [6.45, 7) is -0.0670. The molecule has 2 aromatic carbocycles. The van der Waals surface area contributed by atoms with Crippen molar-refractivity contribution in [2.45, 2.75) is 6.54 Å². The number of hydrogen-bond acceptors (Lipinski definition) is 7. The summed E-state index contributed by atoms with van der Waals surface area (Å²) in [5.41, 5.74) is 0.417. The van der Waals surface area contributed by atoms with Crippen molar-refractivity contribution in [1.82, 2.24) is 4.72 Å². The Morgan fingerprint density at radius 3 is 2.24 bits per heavy atom. The first-order valence-electron chi connectivity index (χ1n) is 6.99. The average Bonchev–Trinajstić information content (AvgIpc) is 2.60. The normalized spacial score (nSPS) is 11.0. The van der Waals surface area contributed by atoms with Gasteiger partial charge in [0.1, 0.15) is 17.2 Å². The maximum atomic E-state index is 12.0. The Hall–Kier alpha value is -2.85. The monoisotopic (exact) mass is 368 g/mol. The molecule has 0 atom stereocenters. The van der Waals surface area contributed by atoms with E-state index in [0.29, 0.717) is 17.1 Å². The fourth-order valence-electron chi connectivity index (χ4n) is 1.94. The summed E-state index contributed by atoms with van der Waals surface area (Å²) in [6.07, 6.45) is 0. The van der Waals surface area contributed by atoms with Gasteiger partial charge in [-0.2, -0.15) is 13.1 Å². The van der Waals surface area contributed by atoms with Crippen LogP contribution in [0.1, 0.15) is 5.56 Å². The van der Waals surface area contributed by atoms with Gasteiger partial charge in [-0.05, 0) is 18.2 Å². The lowest BCUT2D eigenvalue weighted by molar-refractivity contribution is -0.384. The van der Waals surface area contributed by atoms with Crippen molar-refractivity contribution in [3.05, 3.63) is 58.1 Å². The molecule has 0 aromatic heterocycles. The third-order valence-corrected chi connectivity index (χ3v) is 4.10. The molecular weight excluding hydrogens is 352 g/mol. The minimum absolute atomic E-state index is 0.0419. The zero-order chi connectivity index (χ0) is 18.4. The Morgan fingerprint density at radius 2 is 1.68 bits per heavy atom. The van der Waals surface area contributed by atoms with Crippen LogP contribution in [0.5, 0.6) is 17.2 Å². The van der Waals surface area contributed by atoms with Gasteiger partial charge in [0.25, 0.3) is 5.69 Å². The van der Waals surface area contributed by atoms with Crippen molar-refractivity contribution in [3.8, 4) is 17.2 Å². The van der Waals surface area contributed by atoms with E-state index >= 15 is 0 Å². The molecule has 0 aliphatic carbocycles. The second kappa shape index (κ2) is 7.81. The summed E-state index contributed by atoms with van der Waals surface area (Å²) in [5, 5.41) is 10.6. The number of nitro benzene ring substituents is 1. The standard InChI is InChI=1S/C15H16N2O7S/c1-22-14-6-3-11(15(9-14)23-2)10-16-25(20,21)24-13-7-4-12(5-8-13)17(18)19/h3-9,16H,10H2,1-2H3. The Morgan fingerprint density at radius 1 is 1.04 bits per heavy atom. The van der Waals surface area contributed by atoms with Crippen molar-refractivity contribution in [2.75, 3.05) is 14.2 Å². The minimum Gasteiger partial charge on any atom is -0.497 e. The van der Waals surface area contributed by atoms with Gasteiger partial charge in [-0.25, -0.2) is 0 Å². The molecule has 0 radical (unpaired) electrons. The molecule has 0 bridgehead atoms. The summed E-state index contributed by atoms with van der Waals surface area (Å²) >= 11 is 0. The summed E-state index contributed by atoms with van der Waals surface area (Å²) in [7, 11) is -1.15. The van der Waals surface area contributed by atoms with Crippen LogP contribution >= 0.6 is 0 Å². The fraction of sp³-hybridized carbons (Fsp3) is 0.200. The van der Waals surface area contributed by atoms with Gasteiger partial charge in [-0.1, -0.05) is 6.07 Å². The summed E-state index contributed by atoms with van der Waals surface area (Å²) in [6, 6.07) is 9.65. The average molecular weight is 368 g/mol. The van der Waals surface area contributed by atoms with Crippen LogP contribution in [0.4, 0.5) is 5.69 Å². The Bertz CT molecular complexity index is 851. The molecule has 25 heavy (non-hydrogen) atoms. The molecule has 1 N–H and O–H groups in total. The van der Waals surface area contributed by atoms with Crippen LogP contribution in [0, 0.1) is 10.1 Å². The van der Waals surface area contributed by atoms with Crippen molar-refractivity contribution >= 4 is 16.0 Å². The maximum Gasteiger partial charge on any atom is 0.382 e.